The largest absolute Gasteiger partial charge is 0.481 e. The lowest BCUT2D eigenvalue weighted by Crippen LogP contribution is -2.23. The van der Waals surface area contributed by atoms with Crippen molar-refractivity contribution in [1.82, 2.24) is 10.3 Å². The Labute approximate surface area is 136 Å². The molecule has 0 aliphatic heterocycles. The van der Waals surface area contributed by atoms with E-state index in [0.29, 0.717) is 11.9 Å². The predicted octanol–water partition coefficient (Wildman–Crippen LogP) is 3.92. The topological polar surface area (TPSA) is 34.1 Å². The first-order valence-corrected chi connectivity index (χ1v) is 8.66. The Morgan fingerprint density at radius 2 is 2.40 bits per heavy atom. The van der Waals surface area contributed by atoms with E-state index in [1.54, 1.807) is 12.0 Å². The van der Waals surface area contributed by atoms with E-state index in [-0.39, 0.29) is 0 Å². The van der Waals surface area contributed by atoms with Crippen molar-refractivity contribution in [1.29, 1.82) is 0 Å². The molecule has 0 fully saturated rings. The van der Waals surface area contributed by atoms with Crippen LogP contribution in [0.4, 0.5) is 0 Å². The Bertz CT molecular complexity index is 582. The minimum absolute atomic E-state index is 0.487. The highest BCUT2D eigenvalue weighted by atomic mass is 127. The smallest absolute Gasteiger partial charge is 0.212 e. The Balaban J connectivity index is 1.66. The summed E-state index contributed by atoms with van der Waals surface area (Å²) in [6, 6.07) is 6.81. The van der Waals surface area contributed by atoms with Crippen molar-refractivity contribution in [2.24, 2.45) is 0 Å². The normalized spacial score (nSPS) is 17.8. The van der Waals surface area contributed by atoms with E-state index in [1.165, 1.54) is 33.3 Å². The lowest BCUT2D eigenvalue weighted by molar-refractivity contribution is 0.397. The molecular weight excluding hydrogens is 383 g/mol. The van der Waals surface area contributed by atoms with Gasteiger partial charge in [0, 0.05) is 29.7 Å². The van der Waals surface area contributed by atoms with Gasteiger partial charge in [0.25, 0.3) is 0 Å². The zero-order valence-electron chi connectivity index (χ0n) is 11.4. The number of nitrogens with zero attached hydrogens (tertiary/aromatic N) is 1. The number of halogens is 1. The van der Waals surface area contributed by atoms with E-state index < -0.39 is 0 Å². The first-order valence-electron chi connectivity index (χ1n) is 6.76. The van der Waals surface area contributed by atoms with E-state index in [1.807, 2.05) is 23.6 Å². The van der Waals surface area contributed by atoms with Crippen LogP contribution in [-0.4, -0.2) is 12.1 Å². The molecule has 1 aliphatic rings. The molecule has 0 amide bonds. The number of fused-ring (bicyclic) bond motifs is 1. The number of pyridine rings is 1. The van der Waals surface area contributed by atoms with Crippen LogP contribution in [0.1, 0.15) is 34.9 Å². The number of hydrogen-bond donors (Lipinski definition) is 1. The third-order valence-corrected chi connectivity index (χ3v) is 5.61. The summed E-state index contributed by atoms with van der Waals surface area (Å²) in [7, 11) is 1.64. The molecule has 0 saturated carbocycles. The summed E-state index contributed by atoms with van der Waals surface area (Å²) in [5.41, 5.74) is 2.70. The quantitative estimate of drug-likeness (QED) is 0.790. The molecule has 1 unspecified atom stereocenters. The van der Waals surface area contributed by atoms with Crippen LogP contribution in [0.2, 0.25) is 0 Å². The molecule has 0 spiro atoms. The molecule has 1 N–H and O–H groups in total. The number of methoxy groups -OCH3 is 1. The molecule has 5 heteroatoms. The fraction of sp³-hybridized carbons (Fsp3) is 0.400. The van der Waals surface area contributed by atoms with Crippen molar-refractivity contribution >= 4 is 33.9 Å². The maximum Gasteiger partial charge on any atom is 0.212 e. The van der Waals surface area contributed by atoms with Crippen LogP contribution in [0.25, 0.3) is 0 Å². The van der Waals surface area contributed by atoms with E-state index in [2.05, 4.69) is 45.0 Å². The van der Waals surface area contributed by atoms with Gasteiger partial charge < -0.3 is 10.1 Å². The third-order valence-electron chi connectivity index (χ3n) is 3.64. The SMILES string of the molecule is COc1ccc(CNC2CCCc3sc(I)cc32)cn1. The Morgan fingerprint density at radius 3 is 3.15 bits per heavy atom. The minimum Gasteiger partial charge on any atom is -0.481 e. The van der Waals surface area contributed by atoms with Crippen LogP contribution in [0.3, 0.4) is 0 Å². The molecule has 2 heterocycles. The summed E-state index contributed by atoms with van der Waals surface area (Å²) in [5.74, 6) is 0.668. The van der Waals surface area contributed by atoms with Crippen LogP contribution in [0.5, 0.6) is 5.88 Å². The van der Waals surface area contributed by atoms with Gasteiger partial charge in [-0.3, -0.25) is 0 Å². The molecule has 1 aliphatic carbocycles. The molecule has 106 valence electrons. The average molecular weight is 400 g/mol. The zero-order chi connectivity index (χ0) is 13.9. The second kappa shape index (κ2) is 6.41. The zero-order valence-corrected chi connectivity index (χ0v) is 14.3. The van der Waals surface area contributed by atoms with Gasteiger partial charge in [0.1, 0.15) is 0 Å². The van der Waals surface area contributed by atoms with Crippen LogP contribution in [0, 0.1) is 2.88 Å². The van der Waals surface area contributed by atoms with Gasteiger partial charge in [-0.15, -0.1) is 11.3 Å². The van der Waals surface area contributed by atoms with E-state index >= 15 is 0 Å². The Kier molecular flexibility index (Phi) is 4.58. The first-order chi connectivity index (χ1) is 9.76. The molecule has 0 saturated heterocycles. The predicted molar refractivity (Wildman–Crippen MR) is 90.3 cm³/mol. The lowest BCUT2D eigenvalue weighted by atomic mass is 9.94. The van der Waals surface area contributed by atoms with Crippen molar-refractivity contribution in [2.75, 3.05) is 7.11 Å². The van der Waals surface area contributed by atoms with Crippen LogP contribution < -0.4 is 10.1 Å². The monoisotopic (exact) mass is 400 g/mol. The standard InChI is InChI=1S/C15H17IN2OS/c1-19-15-6-5-10(9-18-15)8-17-12-3-2-4-13-11(12)7-14(16)20-13/h5-7,9,12,17H,2-4,8H2,1H3. The van der Waals surface area contributed by atoms with Gasteiger partial charge in [-0.25, -0.2) is 4.98 Å². The second-order valence-corrected chi connectivity index (χ2v) is 7.99. The second-order valence-electron chi connectivity index (χ2n) is 4.96. The van der Waals surface area contributed by atoms with Gasteiger partial charge in [-0.1, -0.05) is 6.07 Å². The summed E-state index contributed by atoms with van der Waals surface area (Å²) in [6.07, 6.45) is 5.63. The first kappa shape index (κ1) is 14.3. The fourth-order valence-electron chi connectivity index (χ4n) is 2.61. The van der Waals surface area contributed by atoms with E-state index in [4.69, 9.17) is 4.74 Å². The number of rotatable bonds is 4. The van der Waals surface area contributed by atoms with Crippen LogP contribution in [-0.2, 0) is 13.0 Å². The number of hydrogen-bond acceptors (Lipinski definition) is 4. The van der Waals surface area contributed by atoms with Crippen molar-refractivity contribution in [3.05, 3.63) is 43.3 Å². The third kappa shape index (κ3) is 3.15. The van der Waals surface area contributed by atoms with Crippen molar-refractivity contribution in [3.63, 3.8) is 0 Å². The van der Waals surface area contributed by atoms with Gasteiger partial charge in [0.2, 0.25) is 5.88 Å². The summed E-state index contributed by atoms with van der Waals surface area (Å²) in [6.45, 7) is 0.855. The Hall–Kier alpha value is -0.660. The molecule has 1 atom stereocenters. The molecule has 0 radical (unpaired) electrons. The van der Waals surface area contributed by atoms with E-state index in [9.17, 15) is 0 Å². The number of aryl methyl sites for hydroxylation is 1. The van der Waals surface area contributed by atoms with Crippen LogP contribution >= 0.6 is 33.9 Å². The highest BCUT2D eigenvalue weighted by Gasteiger charge is 2.22. The lowest BCUT2D eigenvalue weighted by Gasteiger charge is -2.23. The summed E-state index contributed by atoms with van der Waals surface area (Å²) >= 11 is 4.36. The average Bonchev–Trinajstić information content (AvgIpc) is 2.86. The molecule has 0 aromatic carbocycles. The summed E-state index contributed by atoms with van der Waals surface area (Å²) in [5, 5.41) is 3.67. The van der Waals surface area contributed by atoms with Crippen molar-refractivity contribution in [3.8, 4) is 5.88 Å². The number of nitrogens with one attached hydrogen (secondary N) is 1. The molecule has 20 heavy (non-hydrogen) atoms. The maximum atomic E-state index is 5.08. The van der Waals surface area contributed by atoms with Gasteiger partial charge in [0.05, 0.1) is 9.99 Å². The van der Waals surface area contributed by atoms with E-state index in [0.717, 1.165) is 6.54 Å². The number of ether oxygens (including phenoxy) is 1. The van der Waals surface area contributed by atoms with Gasteiger partial charge in [-0.05, 0) is 59.0 Å². The number of thiophene rings is 1. The van der Waals surface area contributed by atoms with Gasteiger partial charge in [-0.2, -0.15) is 0 Å². The van der Waals surface area contributed by atoms with Gasteiger partial charge >= 0.3 is 0 Å². The van der Waals surface area contributed by atoms with Crippen molar-refractivity contribution in [2.45, 2.75) is 31.8 Å². The minimum atomic E-state index is 0.487. The van der Waals surface area contributed by atoms with Gasteiger partial charge in [0.15, 0.2) is 0 Å². The molecular formula is C15H17IN2OS. The van der Waals surface area contributed by atoms with Crippen molar-refractivity contribution < 1.29 is 4.74 Å². The van der Waals surface area contributed by atoms with Crippen LogP contribution in [0.15, 0.2) is 24.4 Å². The molecule has 2 aromatic rings. The number of aromatic nitrogens is 1. The summed E-state index contributed by atoms with van der Waals surface area (Å²) < 4.78 is 6.48. The highest BCUT2D eigenvalue weighted by molar-refractivity contribution is 14.1. The molecule has 3 rings (SSSR count). The molecule has 2 aromatic heterocycles. The maximum absolute atomic E-state index is 5.08. The Morgan fingerprint density at radius 1 is 1.50 bits per heavy atom. The fourth-order valence-corrected chi connectivity index (χ4v) is 4.73. The molecule has 0 bridgehead atoms. The summed E-state index contributed by atoms with van der Waals surface area (Å²) in [4.78, 5) is 5.81. The highest BCUT2D eigenvalue weighted by Crippen LogP contribution is 2.36. The molecule has 3 nitrogen and oxygen atoms in total.